The van der Waals surface area contributed by atoms with Crippen LogP contribution in [0.25, 0.3) is 0 Å². The van der Waals surface area contributed by atoms with E-state index in [2.05, 4.69) is 4.98 Å². The summed E-state index contributed by atoms with van der Waals surface area (Å²) >= 11 is 5.35. The van der Waals surface area contributed by atoms with Crippen molar-refractivity contribution in [3.05, 3.63) is 29.0 Å². The van der Waals surface area contributed by atoms with Crippen molar-refractivity contribution in [2.75, 3.05) is 0 Å². The molecule has 0 spiro atoms. The molecule has 0 aliphatic rings. The number of pyridine rings is 1. The number of hydrogen-bond donors (Lipinski definition) is 1. The minimum Gasteiger partial charge on any atom is -0.379 e. The van der Waals surface area contributed by atoms with Gasteiger partial charge in [0, 0.05) is 11.8 Å². The first kappa shape index (κ1) is 10.3. The standard InChI is InChI=1S/C7H5ClF3NO/c8-6-4(2-1-3-12-6)5(13)7(9,10)11/h1-3,5,13H/t5-/m0/s1. The molecule has 13 heavy (non-hydrogen) atoms. The summed E-state index contributed by atoms with van der Waals surface area (Å²) in [6.07, 6.45) is -6.05. The lowest BCUT2D eigenvalue weighted by atomic mass is 10.1. The van der Waals surface area contributed by atoms with Gasteiger partial charge in [0.2, 0.25) is 0 Å². The van der Waals surface area contributed by atoms with Crippen molar-refractivity contribution in [3.63, 3.8) is 0 Å². The highest BCUT2D eigenvalue weighted by Gasteiger charge is 2.40. The molecule has 0 amide bonds. The summed E-state index contributed by atoms with van der Waals surface area (Å²) in [5.41, 5.74) is -0.434. The van der Waals surface area contributed by atoms with E-state index in [1.807, 2.05) is 0 Å². The van der Waals surface area contributed by atoms with Crippen LogP contribution in [0.2, 0.25) is 5.15 Å². The number of nitrogens with zero attached hydrogens (tertiary/aromatic N) is 1. The molecule has 0 bridgehead atoms. The van der Waals surface area contributed by atoms with Crippen molar-refractivity contribution in [1.29, 1.82) is 0 Å². The van der Waals surface area contributed by atoms with E-state index in [9.17, 15) is 13.2 Å². The molecular formula is C7H5ClF3NO. The minimum absolute atomic E-state index is 0.340. The van der Waals surface area contributed by atoms with Crippen molar-refractivity contribution < 1.29 is 18.3 Å². The number of hydrogen-bond acceptors (Lipinski definition) is 2. The average molecular weight is 212 g/mol. The Morgan fingerprint density at radius 3 is 2.54 bits per heavy atom. The number of halogens is 4. The molecule has 1 aromatic rings. The van der Waals surface area contributed by atoms with Crippen LogP contribution in [-0.2, 0) is 0 Å². The Morgan fingerprint density at radius 1 is 1.46 bits per heavy atom. The van der Waals surface area contributed by atoms with E-state index in [0.29, 0.717) is 0 Å². The Labute approximate surface area is 77.0 Å². The van der Waals surface area contributed by atoms with Crippen LogP contribution in [0.4, 0.5) is 13.2 Å². The highest BCUT2D eigenvalue weighted by atomic mass is 35.5. The first-order valence-corrected chi connectivity index (χ1v) is 3.66. The van der Waals surface area contributed by atoms with Gasteiger partial charge in [-0.05, 0) is 6.07 Å². The first-order chi connectivity index (χ1) is 5.93. The predicted molar refractivity (Wildman–Crippen MR) is 40.3 cm³/mol. The topological polar surface area (TPSA) is 33.1 Å². The number of alkyl halides is 3. The average Bonchev–Trinajstić information content (AvgIpc) is 2.02. The zero-order valence-electron chi connectivity index (χ0n) is 6.22. The van der Waals surface area contributed by atoms with E-state index < -0.39 is 17.8 Å². The molecule has 1 rings (SSSR count). The van der Waals surface area contributed by atoms with Crippen LogP contribution in [0.3, 0.4) is 0 Å². The fourth-order valence-electron chi connectivity index (χ4n) is 0.779. The van der Waals surface area contributed by atoms with Crippen molar-refractivity contribution >= 4 is 11.6 Å². The van der Waals surface area contributed by atoms with E-state index in [-0.39, 0.29) is 5.15 Å². The van der Waals surface area contributed by atoms with Crippen molar-refractivity contribution in [2.24, 2.45) is 0 Å². The quantitative estimate of drug-likeness (QED) is 0.724. The van der Waals surface area contributed by atoms with Gasteiger partial charge in [-0.15, -0.1) is 0 Å². The predicted octanol–water partition coefficient (Wildman–Crippen LogP) is 2.33. The monoisotopic (exact) mass is 211 g/mol. The fourth-order valence-corrected chi connectivity index (χ4v) is 1.00. The van der Waals surface area contributed by atoms with Gasteiger partial charge < -0.3 is 5.11 Å². The van der Waals surface area contributed by atoms with Gasteiger partial charge in [-0.3, -0.25) is 0 Å². The molecule has 0 fully saturated rings. The Balaban J connectivity index is 3.02. The second-order valence-electron chi connectivity index (χ2n) is 2.33. The fraction of sp³-hybridized carbons (Fsp3) is 0.286. The summed E-state index contributed by atoms with van der Waals surface area (Å²) in [4.78, 5) is 3.42. The molecule has 0 aliphatic heterocycles. The molecule has 1 heterocycles. The summed E-state index contributed by atoms with van der Waals surface area (Å²) in [5, 5.41) is 8.45. The normalized spacial score (nSPS) is 14.2. The van der Waals surface area contributed by atoms with Gasteiger partial charge in [-0.1, -0.05) is 17.7 Å². The van der Waals surface area contributed by atoms with Gasteiger partial charge in [0.05, 0.1) is 0 Å². The summed E-state index contributed by atoms with van der Waals surface area (Å²) in [7, 11) is 0. The number of rotatable bonds is 1. The Hall–Kier alpha value is -0.810. The summed E-state index contributed by atoms with van der Waals surface area (Å²) in [5.74, 6) is 0. The zero-order chi connectivity index (χ0) is 10.1. The SMILES string of the molecule is O[C@@H](c1cccnc1Cl)C(F)(F)F. The molecule has 1 aromatic heterocycles. The van der Waals surface area contributed by atoms with E-state index >= 15 is 0 Å². The maximum atomic E-state index is 12.0. The van der Waals surface area contributed by atoms with Gasteiger partial charge >= 0.3 is 6.18 Å². The van der Waals surface area contributed by atoms with Gasteiger partial charge in [-0.2, -0.15) is 13.2 Å². The molecule has 0 aromatic carbocycles. The van der Waals surface area contributed by atoms with Crippen LogP contribution in [0.5, 0.6) is 0 Å². The molecule has 0 saturated carbocycles. The van der Waals surface area contributed by atoms with Crippen molar-refractivity contribution in [1.82, 2.24) is 4.98 Å². The van der Waals surface area contributed by atoms with Crippen LogP contribution < -0.4 is 0 Å². The van der Waals surface area contributed by atoms with Gasteiger partial charge in [0.15, 0.2) is 6.10 Å². The maximum Gasteiger partial charge on any atom is 0.418 e. The van der Waals surface area contributed by atoms with Crippen LogP contribution in [0.1, 0.15) is 11.7 Å². The van der Waals surface area contributed by atoms with E-state index in [4.69, 9.17) is 16.7 Å². The zero-order valence-corrected chi connectivity index (χ0v) is 6.97. The Morgan fingerprint density at radius 2 is 2.08 bits per heavy atom. The van der Waals surface area contributed by atoms with Crippen LogP contribution >= 0.6 is 11.6 Å². The van der Waals surface area contributed by atoms with Gasteiger partial charge in [0.25, 0.3) is 0 Å². The number of aromatic nitrogens is 1. The Bertz CT molecular complexity index is 302. The number of aliphatic hydroxyl groups excluding tert-OH is 1. The lowest BCUT2D eigenvalue weighted by Crippen LogP contribution is -2.20. The van der Waals surface area contributed by atoms with E-state index in [1.54, 1.807) is 0 Å². The largest absolute Gasteiger partial charge is 0.418 e. The van der Waals surface area contributed by atoms with Gasteiger partial charge in [0.1, 0.15) is 5.15 Å². The highest BCUT2D eigenvalue weighted by Crippen LogP contribution is 2.34. The minimum atomic E-state index is -4.72. The Kier molecular flexibility index (Phi) is 2.77. The van der Waals surface area contributed by atoms with Crippen molar-refractivity contribution in [3.8, 4) is 0 Å². The molecule has 0 unspecified atom stereocenters. The molecule has 1 atom stereocenters. The molecule has 0 saturated heterocycles. The molecule has 72 valence electrons. The van der Waals surface area contributed by atoms with Crippen molar-refractivity contribution in [2.45, 2.75) is 12.3 Å². The number of aliphatic hydroxyl groups is 1. The summed E-state index contributed by atoms with van der Waals surface area (Å²) in [6.45, 7) is 0. The molecule has 0 aliphatic carbocycles. The third-order valence-corrected chi connectivity index (χ3v) is 1.71. The van der Waals surface area contributed by atoms with Crippen LogP contribution in [0, 0.1) is 0 Å². The summed E-state index contributed by atoms with van der Waals surface area (Å²) in [6, 6.07) is 2.35. The maximum absolute atomic E-state index is 12.0. The molecule has 2 nitrogen and oxygen atoms in total. The van der Waals surface area contributed by atoms with Gasteiger partial charge in [-0.25, -0.2) is 4.98 Å². The van der Waals surface area contributed by atoms with E-state index in [1.165, 1.54) is 12.3 Å². The van der Waals surface area contributed by atoms with E-state index in [0.717, 1.165) is 6.07 Å². The molecular weight excluding hydrogens is 207 g/mol. The molecule has 1 N–H and O–H groups in total. The summed E-state index contributed by atoms with van der Waals surface area (Å²) < 4.78 is 35.9. The second kappa shape index (κ2) is 3.51. The smallest absolute Gasteiger partial charge is 0.379 e. The third kappa shape index (κ3) is 2.32. The molecule has 0 radical (unpaired) electrons. The second-order valence-corrected chi connectivity index (χ2v) is 2.69. The highest BCUT2D eigenvalue weighted by molar-refractivity contribution is 6.30. The van der Waals surface area contributed by atoms with Crippen LogP contribution in [0.15, 0.2) is 18.3 Å². The first-order valence-electron chi connectivity index (χ1n) is 3.28. The third-order valence-electron chi connectivity index (χ3n) is 1.39. The van der Waals surface area contributed by atoms with Crippen LogP contribution in [-0.4, -0.2) is 16.3 Å². The lowest BCUT2D eigenvalue weighted by Gasteiger charge is -2.14. The molecule has 6 heteroatoms. The lowest BCUT2D eigenvalue weighted by molar-refractivity contribution is -0.206.